The molecule has 3 rings (SSSR count). The van der Waals surface area contributed by atoms with Gasteiger partial charge < -0.3 is 9.47 Å². The van der Waals surface area contributed by atoms with Gasteiger partial charge in [-0.2, -0.15) is 0 Å². The zero-order chi connectivity index (χ0) is 18.5. The summed E-state index contributed by atoms with van der Waals surface area (Å²) in [6, 6.07) is 11.6. The molecule has 0 atom stereocenters. The fraction of sp³-hybridized carbons (Fsp3) is 0.136. The van der Waals surface area contributed by atoms with E-state index in [4.69, 9.17) is 9.47 Å². The van der Waals surface area contributed by atoms with Crippen molar-refractivity contribution in [3.63, 3.8) is 0 Å². The molecule has 0 radical (unpaired) electrons. The van der Waals surface area contributed by atoms with Gasteiger partial charge in [0.2, 0.25) is 5.88 Å². The Morgan fingerprint density at radius 1 is 1.15 bits per heavy atom. The van der Waals surface area contributed by atoms with Gasteiger partial charge in [-0.25, -0.2) is 4.98 Å². The maximum absolute atomic E-state index is 5.57. The van der Waals surface area contributed by atoms with Crippen molar-refractivity contribution < 1.29 is 9.47 Å². The highest BCUT2D eigenvalue weighted by Crippen LogP contribution is 2.25. The summed E-state index contributed by atoms with van der Waals surface area (Å²) in [5.41, 5.74) is 4.36. The van der Waals surface area contributed by atoms with Crippen LogP contribution in [0.15, 0.2) is 61.3 Å². The minimum atomic E-state index is 0.667. The number of pyridine rings is 1. The number of benzene rings is 1. The summed E-state index contributed by atoms with van der Waals surface area (Å²) in [7, 11) is 3.27. The molecular formula is C22H20N2O2. The third-order valence-corrected chi connectivity index (χ3v) is 4.08. The molecule has 2 heterocycles. The normalized spacial score (nSPS) is 11.0. The summed E-state index contributed by atoms with van der Waals surface area (Å²) < 4.78 is 12.8. The number of hydrogen-bond donors (Lipinski definition) is 0. The molecule has 4 heteroatoms. The molecule has 1 aromatic carbocycles. The van der Waals surface area contributed by atoms with E-state index in [2.05, 4.69) is 23.4 Å². The Labute approximate surface area is 153 Å². The molecule has 130 valence electrons. The van der Waals surface area contributed by atoms with E-state index < -0.39 is 0 Å². The molecule has 0 spiro atoms. The lowest BCUT2D eigenvalue weighted by molar-refractivity contribution is 0.392. The van der Waals surface area contributed by atoms with Crippen LogP contribution < -0.4 is 9.47 Å². The summed E-state index contributed by atoms with van der Waals surface area (Å²) in [6.45, 7) is 5.83. The Kier molecular flexibility index (Phi) is 5.09. The zero-order valence-electron chi connectivity index (χ0n) is 15.1. The molecule has 3 aromatic rings. The van der Waals surface area contributed by atoms with E-state index in [-0.39, 0.29) is 0 Å². The monoisotopic (exact) mass is 344 g/mol. The van der Waals surface area contributed by atoms with Crippen LogP contribution in [0.5, 0.6) is 11.6 Å². The van der Waals surface area contributed by atoms with Gasteiger partial charge in [-0.15, -0.1) is 0 Å². The van der Waals surface area contributed by atoms with Crippen molar-refractivity contribution >= 4 is 11.2 Å². The van der Waals surface area contributed by atoms with Crippen molar-refractivity contribution in [3.05, 3.63) is 78.1 Å². The molecule has 0 unspecified atom stereocenters. The van der Waals surface area contributed by atoms with Gasteiger partial charge in [0.25, 0.3) is 0 Å². The summed E-state index contributed by atoms with van der Waals surface area (Å²) in [5, 5.41) is 0. The standard InChI is InChI=1S/C22H20N2O2/c1-5-16(6-2)18-13-21-23-15-19(24(21)22(14-18)26-4)12-11-17-9-7-8-10-20(17)25-3/h5-10,13-15H,1H2,2-4H3/b16-6+. The molecule has 0 fully saturated rings. The SMILES string of the molecule is C=C/C(=C\C)c1cc(OC)n2c(C#Cc3ccccc3OC)cnc2c1. The highest BCUT2D eigenvalue weighted by Gasteiger charge is 2.10. The van der Waals surface area contributed by atoms with E-state index in [1.807, 2.05) is 59.9 Å². The van der Waals surface area contributed by atoms with Crippen LogP contribution in [0, 0.1) is 11.8 Å². The van der Waals surface area contributed by atoms with Crippen LogP contribution in [0.25, 0.3) is 11.2 Å². The number of fused-ring (bicyclic) bond motifs is 1. The Bertz CT molecular complexity index is 1050. The van der Waals surface area contributed by atoms with Crippen LogP contribution in [-0.4, -0.2) is 23.6 Å². The number of nitrogens with zero attached hydrogens (tertiary/aromatic N) is 2. The van der Waals surface area contributed by atoms with E-state index in [9.17, 15) is 0 Å². The Hall–Kier alpha value is -3.45. The predicted octanol–water partition coefficient (Wildman–Crippen LogP) is 4.34. The van der Waals surface area contributed by atoms with Crippen molar-refractivity contribution in [2.75, 3.05) is 14.2 Å². The number of rotatable bonds is 4. The number of aromatic nitrogens is 2. The fourth-order valence-electron chi connectivity index (χ4n) is 2.76. The number of imidazole rings is 1. The summed E-state index contributed by atoms with van der Waals surface area (Å²) in [6.07, 6.45) is 5.56. The number of methoxy groups -OCH3 is 2. The minimum Gasteiger partial charge on any atom is -0.495 e. The van der Waals surface area contributed by atoms with Gasteiger partial charge in [0.15, 0.2) is 0 Å². The molecule has 0 amide bonds. The van der Waals surface area contributed by atoms with E-state index >= 15 is 0 Å². The molecule has 2 aromatic heterocycles. The predicted molar refractivity (Wildman–Crippen MR) is 105 cm³/mol. The van der Waals surface area contributed by atoms with Crippen molar-refractivity contribution in [2.45, 2.75) is 6.92 Å². The molecular weight excluding hydrogens is 324 g/mol. The molecule has 0 aliphatic rings. The quantitative estimate of drug-likeness (QED) is 0.522. The van der Waals surface area contributed by atoms with Crippen molar-refractivity contribution in [3.8, 4) is 23.5 Å². The van der Waals surface area contributed by atoms with Crippen LogP contribution >= 0.6 is 0 Å². The lowest BCUT2D eigenvalue weighted by Gasteiger charge is -2.09. The molecule has 0 aliphatic carbocycles. The molecule has 0 aliphatic heterocycles. The summed E-state index contributed by atoms with van der Waals surface area (Å²) in [4.78, 5) is 4.48. The van der Waals surface area contributed by atoms with Crippen LogP contribution in [0.4, 0.5) is 0 Å². The maximum atomic E-state index is 5.57. The van der Waals surface area contributed by atoms with Crippen LogP contribution in [0.3, 0.4) is 0 Å². The lowest BCUT2D eigenvalue weighted by atomic mass is 10.1. The first kappa shape index (κ1) is 17.4. The van der Waals surface area contributed by atoms with E-state index in [1.54, 1.807) is 20.4 Å². The van der Waals surface area contributed by atoms with Crippen molar-refractivity contribution in [2.24, 2.45) is 0 Å². The number of para-hydroxylation sites is 1. The fourth-order valence-corrected chi connectivity index (χ4v) is 2.76. The van der Waals surface area contributed by atoms with Gasteiger partial charge >= 0.3 is 0 Å². The number of ether oxygens (including phenoxy) is 2. The molecule has 0 bridgehead atoms. The van der Waals surface area contributed by atoms with Gasteiger partial charge in [-0.1, -0.05) is 36.8 Å². The average Bonchev–Trinajstić information content (AvgIpc) is 3.10. The van der Waals surface area contributed by atoms with Crippen LogP contribution in [0.1, 0.15) is 23.7 Å². The second kappa shape index (κ2) is 7.62. The van der Waals surface area contributed by atoms with Crippen LogP contribution in [0.2, 0.25) is 0 Å². The van der Waals surface area contributed by atoms with Gasteiger partial charge in [0, 0.05) is 6.07 Å². The topological polar surface area (TPSA) is 35.8 Å². The Morgan fingerprint density at radius 3 is 2.65 bits per heavy atom. The number of hydrogen-bond acceptors (Lipinski definition) is 3. The maximum Gasteiger partial charge on any atom is 0.200 e. The van der Waals surface area contributed by atoms with Gasteiger partial charge in [-0.3, -0.25) is 4.40 Å². The molecule has 0 saturated carbocycles. The molecule has 26 heavy (non-hydrogen) atoms. The first-order chi connectivity index (χ1) is 12.7. The molecule has 0 saturated heterocycles. The first-order valence-corrected chi connectivity index (χ1v) is 8.21. The lowest BCUT2D eigenvalue weighted by Crippen LogP contribution is -1.98. The second-order valence-corrected chi connectivity index (χ2v) is 5.52. The highest BCUT2D eigenvalue weighted by atomic mass is 16.5. The summed E-state index contributed by atoms with van der Waals surface area (Å²) in [5.74, 6) is 7.73. The van der Waals surface area contributed by atoms with E-state index in [0.29, 0.717) is 5.88 Å². The molecule has 4 nitrogen and oxygen atoms in total. The van der Waals surface area contributed by atoms with Gasteiger partial charge in [0.1, 0.15) is 17.1 Å². The zero-order valence-corrected chi connectivity index (χ0v) is 15.1. The van der Waals surface area contributed by atoms with Crippen LogP contribution in [-0.2, 0) is 0 Å². The Balaban J connectivity index is 2.12. The second-order valence-electron chi connectivity index (χ2n) is 5.52. The number of allylic oxidation sites excluding steroid dienone is 3. The minimum absolute atomic E-state index is 0.667. The summed E-state index contributed by atoms with van der Waals surface area (Å²) >= 11 is 0. The van der Waals surface area contributed by atoms with Crippen molar-refractivity contribution in [1.29, 1.82) is 0 Å². The smallest absolute Gasteiger partial charge is 0.200 e. The first-order valence-electron chi connectivity index (χ1n) is 8.21. The third kappa shape index (κ3) is 3.20. The largest absolute Gasteiger partial charge is 0.495 e. The highest BCUT2D eigenvalue weighted by molar-refractivity contribution is 5.76. The van der Waals surface area contributed by atoms with Gasteiger partial charge in [0.05, 0.1) is 26.0 Å². The third-order valence-electron chi connectivity index (χ3n) is 4.08. The van der Waals surface area contributed by atoms with Gasteiger partial charge in [-0.05, 0) is 42.2 Å². The Morgan fingerprint density at radius 2 is 1.96 bits per heavy atom. The molecule has 0 N–H and O–H groups in total. The average molecular weight is 344 g/mol. The van der Waals surface area contributed by atoms with Crippen molar-refractivity contribution in [1.82, 2.24) is 9.38 Å². The van der Waals surface area contributed by atoms with E-state index in [1.165, 1.54) is 0 Å². The van der Waals surface area contributed by atoms with E-state index in [0.717, 1.165) is 33.8 Å².